The molecule has 0 aromatic heterocycles. The van der Waals surface area contributed by atoms with Crippen molar-refractivity contribution in [3.05, 3.63) is 59.7 Å². The molecule has 1 fully saturated rings. The Labute approximate surface area is 145 Å². The van der Waals surface area contributed by atoms with Gasteiger partial charge in [-0.15, -0.1) is 0 Å². The summed E-state index contributed by atoms with van der Waals surface area (Å²) in [6, 6.07) is 17.3. The lowest BCUT2D eigenvalue weighted by atomic mass is 9.95. The van der Waals surface area contributed by atoms with Crippen molar-refractivity contribution < 1.29 is 4.74 Å². The molecule has 1 unspecified atom stereocenters. The fourth-order valence-electron chi connectivity index (χ4n) is 3.47. The fourth-order valence-corrected chi connectivity index (χ4v) is 3.47. The SMILES string of the molecule is Cc1ccc(CC2CCCCN2CCOc2cccc(N)c2)cc1. The van der Waals surface area contributed by atoms with Crippen molar-refractivity contribution in [2.45, 2.75) is 38.6 Å². The zero-order valence-electron chi connectivity index (χ0n) is 14.6. The van der Waals surface area contributed by atoms with Crippen molar-refractivity contribution in [3.63, 3.8) is 0 Å². The Hall–Kier alpha value is -2.00. The minimum absolute atomic E-state index is 0.630. The fraction of sp³-hybridized carbons (Fsp3) is 0.429. The van der Waals surface area contributed by atoms with Gasteiger partial charge in [-0.1, -0.05) is 42.3 Å². The Morgan fingerprint density at radius 2 is 1.96 bits per heavy atom. The molecule has 1 atom stereocenters. The molecule has 2 aromatic carbocycles. The number of ether oxygens (including phenoxy) is 1. The molecule has 0 radical (unpaired) electrons. The third-order valence-corrected chi connectivity index (χ3v) is 4.85. The van der Waals surface area contributed by atoms with Crippen molar-refractivity contribution in [2.75, 3.05) is 25.4 Å². The van der Waals surface area contributed by atoms with E-state index >= 15 is 0 Å². The van der Waals surface area contributed by atoms with Gasteiger partial charge in [0.05, 0.1) is 0 Å². The summed E-state index contributed by atoms with van der Waals surface area (Å²) in [5.74, 6) is 0.863. The summed E-state index contributed by atoms with van der Waals surface area (Å²) in [6.07, 6.45) is 5.05. The highest BCUT2D eigenvalue weighted by molar-refractivity contribution is 5.43. The molecule has 1 heterocycles. The number of piperidine rings is 1. The molecular formula is C21H28N2O. The third kappa shape index (κ3) is 4.75. The zero-order chi connectivity index (χ0) is 16.8. The van der Waals surface area contributed by atoms with E-state index in [0.717, 1.165) is 24.4 Å². The Morgan fingerprint density at radius 3 is 2.75 bits per heavy atom. The normalized spacial score (nSPS) is 18.5. The molecule has 3 rings (SSSR count). The topological polar surface area (TPSA) is 38.5 Å². The predicted molar refractivity (Wildman–Crippen MR) is 100 cm³/mol. The summed E-state index contributed by atoms with van der Waals surface area (Å²) in [7, 11) is 0. The Morgan fingerprint density at radius 1 is 1.12 bits per heavy atom. The molecule has 0 bridgehead atoms. The molecule has 1 saturated heterocycles. The summed E-state index contributed by atoms with van der Waals surface area (Å²) in [5.41, 5.74) is 9.32. The highest BCUT2D eigenvalue weighted by atomic mass is 16.5. The van der Waals surface area contributed by atoms with Gasteiger partial charge in [0.2, 0.25) is 0 Å². The van der Waals surface area contributed by atoms with Gasteiger partial charge in [-0.25, -0.2) is 0 Å². The molecule has 1 aliphatic rings. The van der Waals surface area contributed by atoms with Crippen LogP contribution in [0.2, 0.25) is 0 Å². The van der Waals surface area contributed by atoms with Gasteiger partial charge in [-0.05, 0) is 50.4 Å². The van der Waals surface area contributed by atoms with Gasteiger partial charge in [-0.2, -0.15) is 0 Å². The molecule has 128 valence electrons. The first-order valence-corrected chi connectivity index (χ1v) is 8.98. The minimum Gasteiger partial charge on any atom is -0.492 e. The van der Waals surface area contributed by atoms with Crippen LogP contribution < -0.4 is 10.5 Å². The van der Waals surface area contributed by atoms with Gasteiger partial charge < -0.3 is 10.5 Å². The lowest BCUT2D eigenvalue weighted by Gasteiger charge is -2.35. The molecule has 2 N–H and O–H groups in total. The molecule has 3 heteroatoms. The van der Waals surface area contributed by atoms with Crippen molar-refractivity contribution >= 4 is 5.69 Å². The maximum atomic E-state index is 5.88. The molecule has 0 saturated carbocycles. The maximum absolute atomic E-state index is 5.88. The molecule has 0 spiro atoms. The molecule has 24 heavy (non-hydrogen) atoms. The number of nitrogen functional groups attached to an aromatic ring is 1. The largest absolute Gasteiger partial charge is 0.492 e. The van der Waals surface area contributed by atoms with E-state index in [1.807, 2.05) is 24.3 Å². The number of rotatable bonds is 6. The average Bonchev–Trinajstić information content (AvgIpc) is 2.58. The second-order valence-electron chi connectivity index (χ2n) is 6.80. The van der Waals surface area contributed by atoms with Crippen molar-refractivity contribution in [1.29, 1.82) is 0 Å². The molecule has 1 aliphatic heterocycles. The summed E-state index contributed by atoms with van der Waals surface area (Å²) < 4.78 is 5.88. The van der Waals surface area contributed by atoms with Gasteiger partial charge in [0.1, 0.15) is 12.4 Å². The second kappa shape index (κ2) is 8.20. The Balaban J connectivity index is 1.53. The number of nitrogens with two attached hydrogens (primary N) is 1. The van der Waals surface area contributed by atoms with E-state index < -0.39 is 0 Å². The van der Waals surface area contributed by atoms with E-state index in [4.69, 9.17) is 10.5 Å². The summed E-state index contributed by atoms with van der Waals surface area (Å²) in [6.45, 7) is 5.01. The lowest BCUT2D eigenvalue weighted by molar-refractivity contribution is 0.122. The van der Waals surface area contributed by atoms with E-state index in [-0.39, 0.29) is 0 Å². The summed E-state index contributed by atoms with van der Waals surface area (Å²) >= 11 is 0. The van der Waals surface area contributed by atoms with Crippen LogP contribution in [0.5, 0.6) is 5.75 Å². The number of likely N-dealkylation sites (tertiary alicyclic amines) is 1. The van der Waals surface area contributed by atoms with E-state index in [0.29, 0.717) is 12.6 Å². The standard InChI is InChI=1S/C21H28N2O/c1-17-8-10-18(11-9-17)15-20-6-2-3-12-23(20)13-14-24-21-7-4-5-19(22)16-21/h4-5,7-11,16,20H,2-3,6,12-15,22H2,1H3. The van der Waals surface area contributed by atoms with Crippen molar-refractivity contribution in [1.82, 2.24) is 4.90 Å². The smallest absolute Gasteiger partial charge is 0.121 e. The number of hydrogen-bond donors (Lipinski definition) is 1. The van der Waals surface area contributed by atoms with Crippen LogP contribution in [0.25, 0.3) is 0 Å². The Kier molecular flexibility index (Phi) is 5.76. The highest BCUT2D eigenvalue weighted by Crippen LogP contribution is 2.21. The van der Waals surface area contributed by atoms with Crippen LogP contribution in [0.3, 0.4) is 0 Å². The zero-order valence-corrected chi connectivity index (χ0v) is 14.6. The predicted octanol–water partition coefficient (Wildman–Crippen LogP) is 4.05. The molecule has 0 amide bonds. The molecule has 2 aromatic rings. The third-order valence-electron chi connectivity index (χ3n) is 4.85. The first kappa shape index (κ1) is 16.8. The van der Waals surface area contributed by atoms with Crippen LogP contribution in [0, 0.1) is 6.92 Å². The summed E-state index contributed by atoms with van der Waals surface area (Å²) in [4.78, 5) is 2.59. The quantitative estimate of drug-likeness (QED) is 0.815. The monoisotopic (exact) mass is 324 g/mol. The number of benzene rings is 2. The number of hydrogen-bond acceptors (Lipinski definition) is 3. The van der Waals surface area contributed by atoms with Gasteiger partial charge in [0, 0.05) is 24.3 Å². The first-order valence-electron chi connectivity index (χ1n) is 8.98. The molecular weight excluding hydrogens is 296 g/mol. The van der Waals surface area contributed by atoms with Crippen LogP contribution in [0.4, 0.5) is 5.69 Å². The maximum Gasteiger partial charge on any atom is 0.121 e. The van der Waals surface area contributed by atoms with Gasteiger partial charge in [0.15, 0.2) is 0 Å². The second-order valence-corrected chi connectivity index (χ2v) is 6.80. The van der Waals surface area contributed by atoms with Crippen LogP contribution in [-0.4, -0.2) is 30.6 Å². The lowest BCUT2D eigenvalue weighted by Crippen LogP contribution is -2.43. The van der Waals surface area contributed by atoms with E-state index in [1.165, 1.54) is 36.9 Å². The van der Waals surface area contributed by atoms with E-state index in [9.17, 15) is 0 Å². The van der Waals surface area contributed by atoms with Gasteiger partial charge >= 0.3 is 0 Å². The first-order chi connectivity index (χ1) is 11.7. The van der Waals surface area contributed by atoms with Crippen LogP contribution in [0.15, 0.2) is 48.5 Å². The number of nitrogens with zero attached hydrogens (tertiary/aromatic N) is 1. The van der Waals surface area contributed by atoms with Gasteiger partial charge in [-0.3, -0.25) is 4.90 Å². The molecule has 3 nitrogen and oxygen atoms in total. The van der Waals surface area contributed by atoms with E-state index in [2.05, 4.69) is 36.1 Å². The van der Waals surface area contributed by atoms with Gasteiger partial charge in [0.25, 0.3) is 0 Å². The highest BCUT2D eigenvalue weighted by Gasteiger charge is 2.22. The number of anilines is 1. The van der Waals surface area contributed by atoms with Crippen LogP contribution in [0.1, 0.15) is 30.4 Å². The summed E-state index contributed by atoms with van der Waals surface area (Å²) in [5, 5.41) is 0. The van der Waals surface area contributed by atoms with Crippen molar-refractivity contribution in [3.8, 4) is 5.75 Å². The van der Waals surface area contributed by atoms with Crippen LogP contribution in [-0.2, 0) is 6.42 Å². The van der Waals surface area contributed by atoms with Crippen molar-refractivity contribution in [2.24, 2.45) is 0 Å². The number of aryl methyl sites for hydroxylation is 1. The average molecular weight is 324 g/mol. The van der Waals surface area contributed by atoms with E-state index in [1.54, 1.807) is 0 Å². The van der Waals surface area contributed by atoms with Crippen LogP contribution >= 0.6 is 0 Å². The Bertz CT molecular complexity index is 639. The molecule has 0 aliphatic carbocycles. The minimum atomic E-state index is 0.630.